The number of benzene rings is 1. The number of nitrogens with one attached hydrogen (secondary N) is 1. The lowest BCUT2D eigenvalue weighted by atomic mass is 9.89. The fourth-order valence-electron chi connectivity index (χ4n) is 2.54. The summed E-state index contributed by atoms with van der Waals surface area (Å²) in [6.07, 6.45) is 2.38. The van der Waals surface area contributed by atoms with Crippen LogP contribution in [0.4, 0.5) is 5.82 Å². The highest BCUT2D eigenvalue weighted by atomic mass is 32.1. The average Bonchev–Trinajstić information content (AvgIpc) is 2.41. The smallest absolute Gasteiger partial charge is 0.127 e. The molecule has 2 aromatic rings. The van der Waals surface area contributed by atoms with Gasteiger partial charge in [0.25, 0.3) is 0 Å². The molecular weight excluding hydrogens is 270 g/mol. The van der Waals surface area contributed by atoms with Gasteiger partial charge in [0.05, 0.1) is 11.6 Å². The summed E-state index contributed by atoms with van der Waals surface area (Å²) in [5.41, 5.74) is 7.60. The van der Waals surface area contributed by atoms with Crippen LogP contribution < -0.4 is 11.1 Å². The van der Waals surface area contributed by atoms with Crippen LogP contribution in [0.15, 0.2) is 30.3 Å². The molecule has 0 radical (unpaired) electrons. The van der Waals surface area contributed by atoms with Gasteiger partial charge in [0, 0.05) is 24.1 Å². The van der Waals surface area contributed by atoms with Crippen LogP contribution in [0, 0.1) is 0 Å². The van der Waals surface area contributed by atoms with Crippen molar-refractivity contribution in [2.75, 3.05) is 12.4 Å². The Bertz CT molecular complexity index is 653. The molecule has 1 aromatic carbocycles. The molecule has 3 N–H and O–H groups in total. The van der Waals surface area contributed by atoms with Crippen LogP contribution in [0.25, 0.3) is 10.9 Å². The van der Waals surface area contributed by atoms with Gasteiger partial charge in [-0.1, -0.05) is 30.4 Å². The van der Waals surface area contributed by atoms with Gasteiger partial charge in [0.15, 0.2) is 0 Å². The van der Waals surface area contributed by atoms with E-state index in [1.54, 1.807) is 7.11 Å². The molecule has 1 heterocycles. The Morgan fingerprint density at radius 3 is 2.85 bits per heavy atom. The van der Waals surface area contributed by atoms with Crippen molar-refractivity contribution in [3.05, 3.63) is 35.9 Å². The Morgan fingerprint density at radius 1 is 1.40 bits per heavy atom. The molecule has 1 saturated carbocycles. The predicted octanol–water partition coefficient (Wildman–Crippen LogP) is 2.46. The van der Waals surface area contributed by atoms with Crippen LogP contribution in [0.2, 0.25) is 0 Å². The minimum Gasteiger partial charge on any atom is -0.389 e. The Kier molecular flexibility index (Phi) is 3.54. The summed E-state index contributed by atoms with van der Waals surface area (Å²) in [4.78, 5) is 5.02. The fraction of sp³-hybridized carbons (Fsp3) is 0.333. The van der Waals surface area contributed by atoms with Crippen LogP contribution in [0.1, 0.15) is 18.4 Å². The van der Waals surface area contributed by atoms with E-state index in [2.05, 4.69) is 10.3 Å². The van der Waals surface area contributed by atoms with E-state index in [0.717, 1.165) is 35.1 Å². The Hall–Kier alpha value is -1.72. The van der Waals surface area contributed by atoms with Crippen LogP contribution in [0.3, 0.4) is 0 Å². The maximum absolute atomic E-state index is 5.83. The second kappa shape index (κ2) is 5.34. The summed E-state index contributed by atoms with van der Waals surface area (Å²) in [5.74, 6) is 0.825. The topological polar surface area (TPSA) is 60.2 Å². The van der Waals surface area contributed by atoms with Crippen molar-refractivity contribution in [3.63, 3.8) is 0 Å². The van der Waals surface area contributed by atoms with Crippen LogP contribution in [0.5, 0.6) is 0 Å². The Balaban J connectivity index is 1.90. The molecule has 1 aromatic heterocycles. The van der Waals surface area contributed by atoms with Crippen LogP contribution in [-0.2, 0) is 4.74 Å². The largest absolute Gasteiger partial charge is 0.389 e. The zero-order valence-corrected chi connectivity index (χ0v) is 12.1. The van der Waals surface area contributed by atoms with E-state index in [0.29, 0.717) is 17.1 Å². The van der Waals surface area contributed by atoms with E-state index in [9.17, 15) is 0 Å². The minimum absolute atomic E-state index is 0.364. The van der Waals surface area contributed by atoms with Gasteiger partial charge in [-0.05, 0) is 25.0 Å². The lowest BCUT2D eigenvalue weighted by Crippen LogP contribution is -2.40. The van der Waals surface area contributed by atoms with Crippen molar-refractivity contribution in [2.45, 2.75) is 25.0 Å². The van der Waals surface area contributed by atoms with Crippen molar-refractivity contribution in [1.29, 1.82) is 0 Å². The fourth-order valence-corrected chi connectivity index (χ4v) is 2.71. The molecule has 0 amide bonds. The molecule has 0 atom stereocenters. The summed E-state index contributed by atoms with van der Waals surface area (Å²) in [5, 5.41) is 4.42. The molecule has 0 saturated heterocycles. The lowest BCUT2D eigenvalue weighted by Gasteiger charge is -2.35. The summed E-state index contributed by atoms with van der Waals surface area (Å²) in [7, 11) is 1.75. The van der Waals surface area contributed by atoms with Gasteiger partial charge in [-0.3, -0.25) is 0 Å². The van der Waals surface area contributed by atoms with Crippen molar-refractivity contribution in [2.24, 2.45) is 5.73 Å². The molecule has 0 spiro atoms. The Labute approximate surface area is 123 Å². The molecule has 1 aliphatic rings. The Morgan fingerprint density at radius 2 is 2.15 bits per heavy atom. The van der Waals surface area contributed by atoms with E-state index < -0.39 is 0 Å². The van der Waals surface area contributed by atoms with E-state index in [1.807, 2.05) is 30.3 Å². The maximum atomic E-state index is 5.83. The molecular formula is C15H17N3OS. The van der Waals surface area contributed by atoms with Crippen molar-refractivity contribution in [3.8, 4) is 0 Å². The number of thiocarbonyl (C=S) groups is 1. The summed E-state index contributed by atoms with van der Waals surface area (Å²) in [6, 6.07) is 10.2. The van der Waals surface area contributed by atoms with Gasteiger partial charge >= 0.3 is 0 Å². The SMILES string of the molecule is COC1CC(Nc2cc(C(N)=S)c3ccccc3n2)C1. The van der Waals surface area contributed by atoms with Gasteiger partial charge in [0.1, 0.15) is 10.8 Å². The molecule has 4 nitrogen and oxygen atoms in total. The zero-order chi connectivity index (χ0) is 14.1. The normalized spacial score (nSPS) is 21.4. The zero-order valence-electron chi connectivity index (χ0n) is 11.3. The highest BCUT2D eigenvalue weighted by molar-refractivity contribution is 7.80. The van der Waals surface area contributed by atoms with E-state index in [-0.39, 0.29) is 0 Å². The van der Waals surface area contributed by atoms with E-state index in [1.165, 1.54) is 0 Å². The number of fused-ring (bicyclic) bond motifs is 1. The van der Waals surface area contributed by atoms with Crippen LogP contribution >= 0.6 is 12.2 Å². The monoisotopic (exact) mass is 287 g/mol. The number of nitrogens with zero attached hydrogens (tertiary/aromatic N) is 1. The second-order valence-corrected chi connectivity index (χ2v) is 5.55. The van der Waals surface area contributed by atoms with Gasteiger partial charge < -0.3 is 15.8 Å². The van der Waals surface area contributed by atoms with Gasteiger partial charge in [0.2, 0.25) is 0 Å². The summed E-state index contributed by atoms with van der Waals surface area (Å²) in [6.45, 7) is 0. The minimum atomic E-state index is 0.364. The number of methoxy groups -OCH3 is 1. The number of nitrogens with two attached hydrogens (primary N) is 1. The van der Waals surface area contributed by atoms with Gasteiger partial charge in [-0.2, -0.15) is 0 Å². The molecule has 0 bridgehead atoms. The lowest BCUT2D eigenvalue weighted by molar-refractivity contribution is 0.0328. The first-order chi connectivity index (χ1) is 9.67. The summed E-state index contributed by atoms with van der Waals surface area (Å²) >= 11 is 5.14. The molecule has 1 aliphatic carbocycles. The quantitative estimate of drug-likeness (QED) is 0.846. The number of ether oxygens (including phenoxy) is 1. The average molecular weight is 287 g/mol. The van der Waals surface area contributed by atoms with E-state index in [4.69, 9.17) is 22.7 Å². The van der Waals surface area contributed by atoms with Gasteiger partial charge in [-0.15, -0.1) is 0 Å². The first kappa shape index (κ1) is 13.3. The predicted molar refractivity (Wildman–Crippen MR) is 85.1 cm³/mol. The molecule has 3 rings (SSSR count). The second-order valence-electron chi connectivity index (χ2n) is 5.11. The maximum Gasteiger partial charge on any atom is 0.127 e. The number of hydrogen-bond acceptors (Lipinski definition) is 4. The summed E-state index contributed by atoms with van der Waals surface area (Å²) < 4.78 is 5.29. The van der Waals surface area contributed by atoms with Crippen LogP contribution in [-0.4, -0.2) is 29.2 Å². The number of rotatable bonds is 4. The molecule has 104 valence electrons. The first-order valence-electron chi connectivity index (χ1n) is 6.66. The molecule has 0 aliphatic heterocycles. The van der Waals surface area contributed by atoms with Crippen molar-refractivity contribution >= 4 is 33.9 Å². The highest BCUT2D eigenvalue weighted by Gasteiger charge is 2.29. The third-order valence-electron chi connectivity index (χ3n) is 3.76. The molecule has 5 heteroatoms. The van der Waals surface area contributed by atoms with Crippen molar-refractivity contribution < 1.29 is 4.74 Å². The first-order valence-corrected chi connectivity index (χ1v) is 7.07. The standard InChI is InChI=1S/C15H17N3OS/c1-19-10-6-9(7-10)17-14-8-12(15(16)20)11-4-2-3-5-13(11)18-14/h2-5,8-10H,6-7H2,1H3,(H2,16,20)(H,17,18). The number of anilines is 1. The third-order valence-corrected chi connectivity index (χ3v) is 3.98. The number of aromatic nitrogens is 1. The molecule has 0 unspecified atom stereocenters. The highest BCUT2D eigenvalue weighted by Crippen LogP contribution is 2.27. The van der Waals surface area contributed by atoms with Crippen molar-refractivity contribution in [1.82, 2.24) is 4.98 Å². The number of hydrogen-bond donors (Lipinski definition) is 2. The number of para-hydroxylation sites is 1. The molecule has 1 fully saturated rings. The molecule has 20 heavy (non-hydrogen) atoms. The third kappa shape index (κ3) is 2.46. The van der Waals surface area contributed by atoms with E-state index >= 15 is 0 Å². The van der Waals surface area contributed by atoms with Gasteiger partial charge in [-0.25, -0.2) is 4.98 Å². The number of pyridine rings is 1.